The molecule has 1 aromatic carbocycles. The number of ether oxygens (including phenoxy) is 1. The van der Waals surface area contributed by atoms with Crippen LogP contribution in [0.3, 0.4) is 0 Å². The van der Waals surface area contributed by atoms with Crippen LogP contribution in [-0.4, -0.2) is 32.8 Å². The molecule has 1 aliphatic carbocycles. The van der Waals surface area contributed by atoms with Crippen LogP contribution in [-0.2, 0) is 0 Å². The predicted octanol–water partition coefficient (Wildman–Crippen LogP) is 2.80. The molecule has 0 amide bonds. The first-order valence-corrected chi connectivity index (χ1v) is 7.67. The molecule has 0 aromatic heterocycles. The van der Waals surface area contributed by atoms with Crippen molar-refractivity contribution in [2.45, 2.75) is 31.7 Å². The van der Waals surface area contributed by atoms with Crippen molar-refractivity contribution in [3.05, 3.63) is 24.3 Å². The van der Waals surface area contributed by atoms with Gasteiger partial charge in [-0.2, -0.15) is 5.26 Å². The Morgan fingerprint density at radius 3 is 2.71 bits per heavy atom. The molecule has 1 aliphatic rings. The maximum absolute atomic E-state index is 9.77. The lowest BCUT2D eigenvalue weighted by atomic mass is 9.93. The molecule has 4 nitrogen and oxygen atoms in total. The van der Waals surface area contributed by atoms with Crippen molar-refractivity contribution in [3.63, 3.8) is 0 Å². The molecule has 0 radical (unpaired) electrons. The van der Waals surface area contributed by atoms with E-state index in [4.69, 9.17) is 4.74 Å². The molecule has 0 spiro atoms. The Balaban J connectivity index is 2.18. The van der Waals surface area contributed by atoms with Crippen molar-refractivity contribution in [2.75, 3.05) is 32.1 Å². The molecule has 1 unspecified atom stereocenters. The second kappa shape index (κ2) is 6.82. The molecule has 1 aromatic rings. The van der Waals surface area contributed by atoms with Gasteiger partial charge in [0.15, 0.2) is 0 Å². The summed E-state index contributed by atoms with van der Waals surface area (Å²) in [5.74, 6) is 1.31. The summed E-state index contributed by atoms with van der Waals surface area (Å²) in [7, 11) is 3.71. The fourth-order valence-electron chi connectivity index (χ4n) is 2.82. The molecular formula is C17H25N3O. The van der Waals surface area contributed by atoms with Crippen LogP contribution in [0, 0.1) is 17.2 Å². The highest BCUT2D eigenvalue weighted by Gasteiger charge is 2.46. The summed E-state index contributed by atoms with van der Waals surface area (Å²) >= 11 is 0. The highest BCUT2D eigenvalue weighted by Crippen LogP contribution is 2.41. The minimum atomic E-state index is -0.453. The molecule has 0 aliphatic heterocycles. The number of benzene rings is 1. The Labute approximate surface area is 127 Å². The Kier molecular flexibility index (Phi) is 5.08. The Bertz CT molecular complexity index is 507. The van der Waals surface area contributed by atoms with Gasteiger partial charge < -0.3 is 9.64 Å². The summed E-state index contributed by atoms with van der Waals surface area (Å²) in [6.07, 6.45) is 3.32. The first-order chi connectivity index (χ1) is 10.2. The summed E-state index contributed by atoms with van der Waals surface area (Å²) in [6.45, 7) is 3.68. The molecule has 4 heteroatoms. The van der Waals surface area contributed by atoms with E-state index in [1.165, 1.54) is 0 Å². The first kappa shape index (κ1) is 15.7. The number of anilines is 1. The molecule has 0 saturated heterocycles. The van der Waals surface area contributed by atoms with Crippen molar-refractivity contribution in [1.29, 1.82) is 5.26 Å². The lowest BCUT2D eigenvalue weighted by Crippen LogP contribution is -2.54. The van der Waals surface area contributed by atoms with Crippen molar-refractivity contribution in [3.8, 4) is 11.8 Å². The van der Waals surface area contributed by atoms with Gasteiger partial charge >= 0.3 is 0 Å². The number of rotatable bonds is 8. The van der Waals surface area contributed by atoms with E-state index in [1.807, 2.05) is 31.3 Å². The van der Waals surface area contributed by atoms with E-state index in [0.717, 1.165) is 37.2 Å². The van der Waals surface area contributed by atoms with Gasteiger partial charge in [-0.05, 0) is 43.9 Å². The number of hydrogen-bond acceptors (Lipinski definition) is 4. The third-order valence-corrected chi connectivity index (χ3v) is 4.15. The molecule has 114 valence electrons. The van der Waals surface area contributed by atoms with Gasteiger partial charge in [-0.15, -0.1) is 0 Å². The molecule has 1 fully saturated rings. The van der Waals surface area contributed by atoms with E-state index in [0.29, 0.717) is 12.5 Å². The number of para-hydroxylation sites is 2. The van der Waals surface area contributed by atoms with Gasteiger partial charge in [0.1, 0.15) is 11.3 Å². The van der Waals surface area contributed by atoms with Crippen LogP contribution >= 0.6 is 0 Å². The van der Waals surface area contributed by atoms with Crippen molar-refractivity contribution in [2.24, 2.45) is 5.92 Å². The lowest BCUT2D eigenvalue weighted by Gasteiger charge is -2.34. The predicted molar refractivity (Wildman–Crippen MR) is 85.6 cm³/mol. The van der Waals surface area contributed by atoms with Crippen LogP contribution in [0.5, 0.6) is 5.75 Å². The molecule has 21 heavy (non-hydrogen) atoms. The third-order valence-electron chi connectivity index (χ3n) is 4.15. The molecule has 1 atom stereocenters. The number of nitriles is 1. The van der Waals surface area contributed by atoms with Crippen LogP contribution in [0.15, 0.2) is 24.3 Å². The van der Waals surface area contributed by atoms with E-state index in [1.54, 1.807) is 7.11 Å². The highest BCUT2D eigenvalue weighted by molar-refractivity contribution is 5.58. The number of methoxy groups -OCH3 is 1. The maximum Gasteiger partial charge on any atom is 0.142 e. The summed E-state index contributed by atoms with van der Waals surface area (Å²) < 4.78 is 5.43. The Hall–Kier alpha value is -1.73. The normalized spacial score (nSPS) is 16.9. The summed E-state index contributed by atoms with van der Waals surface area (Å²) in [4.78, 5) is 2.13. The second-order valence-electron chi connectivity index (χ2n) is 5.81. The van der Waals surface area contributed by atoms with Gasteiger partial charge in [0.2, 0.25) is 0 Å². The van der Waals surface area contributed by atoms with E-state index < -0.39 is 5.54 Å². The van der Waals surface area contributed by atoms with E-state index in [-0.39, 0.29) is 0 Å². The lowest BCUT2D eigenvalue weighted by molar-refractivity contribution is 0.366. The zero-order valence-corrected chi connectivity index (χ0v) is 13.2. The molecule has 1 saturated carbocycles. The largest absolute Gasteiger partial charge is 0.495 e. The quantitative estimate of drug-likeness (QED) is 0.798. The van der Waals surface area contributed by atoms with E-state index in [2.05, 4.69) is 23.2 Å². The number of nitrogens with one attached hydrogen (secondary N) is 1. The fraction of sp³-hybridized carbons (Fsp3) is 0.588. The fourth-order valence-corrected chi connectivity index (χ4v) is 2.82. The zero-order valence-electron chi connectivity index (χ0n) is 13.2. The van der Waals surface area contributed by atoms with Crippen LogP contribution in [0.2, 0.25) is 0 Å². The minimum Gasteiger partial charge on any atom is -0.495 e. The van der Waals surface area contributed by atoms with E-state index in [9.17, 15) is 5.26 Å². The van der Waals surface area contributed by atoms with Gasteiger partial charge in [-0.3, -0.25) is 5.32 Å². The number of likely N-dealkylation sites (N-methyl/N-ethyl adjacent to an activating group) is 1. The monoisotopic (exact) mass is 287 g/mol. The van der Waals surface area contributed by atoms with Crippen molar-refractivity contribution < 1.29 is 4.74 Å². The third kappa shape index (κ3) is 3.48. The van der Waals surface area contributed by atoms with Gasteiger partial charge in [-0.25, -0.2) is 0 Å². The van der Waals surface area contributed by atoms with Gasteiger partial charge in [-0.1, -0.05) is 19.1 Å². The molecule has 1 N–H and O–H groups in total. The average molecular weight is 287 g/mol. The van der Waals surface area contributed by atoms with Crippen LogP contribution in [0.4, 0.5) is 5.69 Å². The number of nitrogens with zero attached hydrogens (tertiary/aromatic N) is 2. The van der Waals surface area contributed by atoms with Gasteiger partial charge in [0, 0.05) is 13.6 Å². The van der Waals surface area contributed by atoms with Crippen LogP contribution in [0.1, 0.15) is 26.2 Å². The Morgan fingerprint density at radius 1 is 1.43 bits per heavy atom. The maximum atomic E-state index is 9.77. The smallest absolute Gasteiger partial charge is 0.142 e. The molecular weight excluding hydrogens is 262 g/mol. The zero-order chi connectivity index (χ0) is 15.3. The summed E-state index contributed by atoms with van der Waals surface area (Å²) in [5, 5.41) is 13.3. The van der Waals surface area contributed by atoms with Gasteiger partial charge in [0.25, 0.3) is 0 Å². The SMILES string of the molecule is CCCNC(C#N)(CN(C)c1ccccc1OC)C1CC1. The second-order valence-corrected chi connectivity index (χ2v) is 5.81. The van der Waals surface area contributed by atoms with Crippen molar-refractivity contribution in [1.82, 2.24) is 5.32 Å². The van der Waals surface area contributed by atoms with Crippen LogP contribution in [0.25, 0.3) is 0 Å². The summed E-state index contributed by atoms with van der Waals surface area (Å²) in [6, 6.07) is 10.5. The average Bonchev–Trinajstić information content (AvgIpc) is 3.36. The van der Waals surface area contributed by atoms with Gasteiger partial charge in [0.05, 0.1) is 18.9 Å². The number of hydrogen-bond donors (Lipinski definition) is 1. The van der Waals surface area contributed by atoms with E-state index >= 15 is 0 Å². The topological polar surface area (TPSA) is 48.3 Å². The van der Waals surface area contributed by atoms with Crippen molar-refractivity contribution >= 4 is 5.69 Å². The Morgan fingerprint density at radius 2 is 2.14 bits per heavy atom. The standard InChI is InChI=1S/C17H25N3O/c1-4-11-19-17(12-18,14-9-10-14)13-20(2)15-7-5-6-8-16(15)21-3/h5-8,14,19H,4,9-11,13H2,1-3H3. The first-order valence-electron chi connectivity index (χ1n) is 7.67. The molecule has 0 bridgehead atoms. The molecule has 0 heterocycles. The highest BCUT2D eigenvalue weighted by atomic mass is 16.5. The van der Waals surface area contributed by atoms with Crippen LogP contribution < -0.4 is 15.0 Å². The minimum absolute atomic E-state index is 0.453. The molecule has 2 rings (SSSR count). The summed E-state index contributed by atoms with van der Waals surface area (Å²) in [5.41, 5.74) is 0.574.